The first kappa shape index (κ1) is 13.5. The molecule has 0 saturated carbocycles. The Morgan fingerprint density at radius 1 is 1.41 bits per heavy atom. The maximum Gasteiger partial charge on any atom is 0.141 e. The average molecular weight is 234 g/mol. The van der Waals surface area contributed by atoms with E-state index < -0.39 is 0 Å². The van der Waals surface area contributed by atoms with E-state index in [1.165, 1.54) is 0 Å². The van der Waals surface area contributed by atoms with Crippen LogP contribution in [-0.4, -0.2) is 23.9 Å². The molecule has 1 rings (SSSR count). The van der Waals surface area contributed by atoms with Crippen molar-refractivity contribution in [3.8, 4) is 0 Å². The van der Waals surface area contributed by atoms with Crippen molar-refractivity contribution in [1.82, 2.24) is 4.98 Å². The molecule has 1 aromatic rings. The summed E-state index contributed by atoms with van der Waals surface area (Å²) in [7, 11) is 2.02. The Morgan fingerprint density at radius 3 is 2.47 bits per heavy atom. The van der Waals surface area contributed by atoms with E-state index in [4.69, 9.17) is 11.1 Å². The average Bonchev–Trinajstić information content (AvgIpc) is 2.26. The Balaban J connectivity index is 3.00. The molecule has 0 saturated heterocycles. The van der Waals surface area contributed by atoms with Crippen LogP contribution in [0.25, 0.3) is 0 Å². The fourth-order valence-electron chi connectivity index (χ4n) is 1.55. The summed E-state index contributed by atoms with van der Waals surface area (Å²) in [5.41, 5.74) is 6.14. The minimum absolute atomic E-state index is 0.00339. The number of hydrogen-bond acceptors (Lipinski definition) is 3. The topological polar surface area (TPSA) is 66.0 Å². The molecule has 3 N–H and O–H groups in total. The molecule has 4 nitrogen and oxygen atoms in total. The van der Waals surface area contributed by atoms with Crippen molar-refractivity contribution in [2.45, 2.75) is 33.7 Å². The molecule has 4 heteroatoms. The third-order valence-electron chi connectivity index (χ3n) is 3.21. The monoisotopic (exact) mass is 234 g/mol. The van der Waals surface area contributed by atoms with Crippen molar-refractivity contribution < 1.29 is 0 Å². The molecule has 1 aromatic heterocycles. The normalized spacial score (nSPS) is 13.2. The predicted octanol–water partition coefficient (Wildman–Crippen LogP) is 2.24. The third-order valence-corrected chi connectivity index (χ3v) is 3.21. The molecular weight excluding hydrogens is 212 g/mol. The second kappa shape index (κ2) is 4.73. The van der Waals surface area contributed by atoms with Gasteiger partial charge in [0.05, 0.1) is 0 Å². The molecule has 94 valence electrons. The van der Waals surface area contributed by atoms with Gasteiger partial charge in [-0.3, -0.25) is 5.41 Å². The zero-order chi connectivity index (χ0) is 13.2. The molecule has 0 aliphatic rings. The molecule has 0 spiro atoms. The number of nitrogens with one attached hydrogen (secondary N) is 1. The maximum absolute atomic E-state index is 7.40. The van der Waals surface area contributed by atoms with Crippen LogP contribution in [0.2, 0.25) is 0 Å². The number of aromatic nitrogens is 1. The van der Waals surface area contributed by atoms with Crippen LogP contribution >= 0.6 is 0 Å². The number of nitrogens with two attached hydrogens (primary N) is 1. The van der Waals surface area contributed by atoms with Crippen molar-refractivity contribution in [3.63, 3.8) is 0 Å². The van der Waals surface area contributed by atoms with E-state index in [9.17, 15) is 0 Å². The summed E-state index contributed by atoms with van der Waals surface area (Å²) in [4.78, 5) is 6.50. The number of hydrogen-bond donors (Lipinski definition) is 2. The Labute approximate surface area is 103 Å². The summed E-state index contributed by atoms with van der Waals surface area (Å²) in [6.45, 7) is 8.76. The lowest BCUT2D eigenvalue weighted by atomic mass is 9.87. The lowest BCUT2D eigenvalue weighted by Gasteiger charge is -2.36. The Bertz CT molecular complexity index is 406. The molecule has 0 aromatic carbocycles. The number of rotatable bonds is 3. The van der Waals surface area contributed by atoms with E-state index >= 15 is 0 Å². The Kier molecular flexibility index (Phi) is 3.76. The van der Waals surface area contributed by atoms with Gasteiger partial charge < -0.3 is 10.6 Å². The van der Waals surface area contributed by atoms with Gasteiger partial charge in [0.2, 0.25) is 0 Å². The minimum Gasteiger partial charge on any atom is -0.382 e. The number of anilines is 1. The first-order chi connectivity index (χ1) is 7.73. The van der Waals surface area contributed by atoms with Crippen LogP contribution in [0.4, 0.5) is 5.82 Å². The highest BCUT2D eigenvalue weighted by Gasteiger charge is 2.24. The molecule has 0 aliphatic heterocycles. The molecule has 0 amide bonds. The number of nitrogen functional groups attached to an aromatic ring is 1. The van der Waals surface area contributed by atoms with Gasteiger partial charge >= 0.3 is 0 Å². The van der Waals surface area contributed by atoms with E-state index in [0.29, 0.717) is 11.7 Å². The summed E-state index contributed by atoms with van der Waals surface area (Å²) in [5.74, 6) is 0.851. The van der Waals surface area contributed by atoms with Gasteiger partial charge in [0.25, 0.3) is 0 Å². The molecule has 0 radical (unpaired) electrons. The lowest BCUT2D eigenvalue weighted by molar-refractivity contribution is 0.328. The maximum atomic E-state index is 7.40. The molecule has 0 aliphatic carbocycles. The molecule has 1 atom stereocenters. The Hall–Kier alpha value is -1.58. The molecule has 0 bridgehead atoms. The minimum atomic E-state index is 0.00339. The van der Waals surface area contributed by atoms with Gasteiger partial charge in [-0.25, -0.2) is 4.98 Å². The predicted molar refractivity (Wildman–Crippen MR) is 72.6 cm³/mol. The van der Waals surface area contributed by atoms with E-state index in [-0.39, 0.29) is 11.3 Å². The summed E-state index contributed by atoms with van der Waals surface area (Å²) in [6, 6.07) is 5.92. The second-order valence-corrected chi connectivity index (χ2v) is 5.45. The third kappa shape index (κ3) is 3.19. The highest BCUT2D eigenvalue weighted by Crippen LogP contribution is 2.26. The lowest BCUT2D eigenvalue weighted by Crippen LogP contribution is -2.40. The van der Waals surface area contributed by atoms with Crippen LogP contribution in [0.3, 0.4) is 0 Å². The van der Waals surface area contributed by atoms with Crippen LogP contribution in [0.15, 0.2) is 18.2 Å². The highest BCUT2D eigenvalue weighted by molar-refractivity contribution is 5.93. The van der Waals surface area contributed by atoms with Crippen molar-refractivity contribution in [2.24, 2.45) is 11.1 Å². The fourth-order valence-corrected chi connectivity index (χ4v) is 1.55. The first-order valence-electron chi connectivity index (χ1n) is 5.77. The van der Waals surface area contributed by atoms with E-state index in [2.05, 4.69) is 37.6 Å². The van der Waals surface area contributed by atoms with Crippen molar-refractivity contribution in [3.05, 3.63) is 23.9 Å². The van der Waals surface area contributed by atoms with Gasteiger partial charge in [0.15, 0.2) is 0 Å². The summed E-state index contributed by atoms with van der Waals surface area (Å²) < 4.78 is 0. The second-order valence-electron chi connectivity index (χ2n) is 5.45. The van der Waals surface area contributed by atoms with Gasteiger partial charge in [-0.2, -0.15) is 0 Å². The van der Waals surface area contributed by atoms with Crippen LogP contribution < -0.4 is 10.6 Å². The zero-order valence-corrected chi connectivity index (χ0v) is 11.3. The van der Waals surface area contributed by atoms with Crippen molar-refractivity contribution >= 4 is 11.7 Å². The summed E-state index contributed by atoms with van der Waals surface area (Å²) >= 11 is 0. The Morgan fingerprint density at radius 2 is 2.00 bits per heavy atom. The number of nitrogens with zero attached hydrogens (tertiary/aromatic N) is 2. The first-order valence-corrected chi connectivity index (χ1v) is 5.77. The van der Waals surface area contributed by atoms with E-state index in [1.807, 2.05) is 19.2 Å². The zero-order valence-electron chi connectivity index (χ0n) is 11.3. The van der Waals surface area contributed by atoms with Crippen molar-refractivity contribution in [2.75, 3.05) is 11.9 Å². The molecule has 1 heterocycles. The van der Waals surface area contributed by atoms with Crippen LogP contribution in [0.5, 0.6) is 0 Å². The van der Waals surface area contributed by atoms with Gasteiger partial charge in [-0.05, 0) is 24.5 Å². The van der Waals surface area contributed by atoms with Crippen LogP contribution in [-0.2, 0) is 0 Å². The summed E-state index contributed by atoms with van der Waals surface area (Å²) in [5, 5.41) is 7.40. The molecule has 17 heavy (non-hydrogen) atoms. The SMILES string of the molecule is CC(N(C)c1cccc(C(=N)N)n1)C(C)(C)C. The highest BCUT2D eigenvalue weighted by atomic mass is 15.2. The van der Waals surface area contributed by atoms with Gasteiger partial charge in [0.1, 0.15) is 17.3 Å². The largest absolute Gasteiger partial charge is 0.382 e. The van der Waals surface area contributed by atoms with E-state index in [0.717, 1.165) is 5.82 Å². The number of pyridine rings is 1. The van der Waals surface area contributed by atoms with Gasteiger partial charge in [-0.1, -0.05) is 26.8 Å². The molecular formula is C13H22N4. The van der Waals surface area contributed by atoms with Crippen molar-refractivity contribution in [1.29, 1.82) is 5.41 Å². The smallest absolute Gasteiger partial charge is 0.141 e. The van der Waals surface area contributed by atoms with E-state index in [1.54, 1.807) is 6.07 Å². The quantitative estimate of drug-likeness (QED) is 0.622. The fraction of sp³-hybridized carbons (Fsp3) is 0.538. The molecule has 0 fully saturated rings. The molecule has 1 unspecified atom stereocenters. The van der Waals surface area contributed by atoms with Gasteiger partial charge in [-0.15, -0.1) is 0 Å². The number of amidine groups is 1. The van der Waals surface area contributed by atoms with Gasteiger partial charge in [0, 0.05) is 13.1 Å². The standard InChI is InChI=1S/C13H22N4/c1-9(13(2,3)4)17(5)11-8-6-7-10(16-11)12(14)15/h6-9H,1-5H3,(H3,14,15). The van der Waals surface area contributed by atoms with Crippen LogP contribution in [0, 0.1) is 10.8 Å². The summed E-state index contributed by atoms with van der Waals surface area (Å²) in [6.07, 6.45) is 0. The van der Waals surface area contributed by atoms with Crippen LogP contribution in [0.1, 0.15) is 33.4 Å².